The molecule has 0 fully saturated rings. The van der Waals surface area contributed by atoms with E-state index in [2.05, 4.69) is 15.5 Å². The average molecular weight is 301 g/mol. The number of hydrogen-bond donors (Lipinski definition) is 1. The molecule has 1 heterocycles. The first-order chi connectivity index (χ1) is 10.2. The van der Waals surface area contributed by atoms with Crippen LogP contribution in [-0.4, -0.2) is 20.2 Å². The Morgan fingerprint density at radius 1 is 1.14 bits per heavy atom. The highest BCUT2D eigenvalue weighted by atomic mass is 32.2. The van der Waals surface area contributed by atoms with Gasteiger partial charge in [0, 0.05) is 10.6 Å². The number of tetrazole rings is 1. The molecule has 5 nitrogen and oxygen atoms in total. The molecule has 0 atom stereocenters. The molecule has 0 spiro atoms. The van der Waals surface area contributed by atoms with Crippen molar-refractivity contribution < 1.29 is 4.39 Å². The van der Waals surface area contributed by atoms with Gasteiger partial charge in [-0.15, -0.1) is 16.9 Å². The lowest BCUT2D eigenvalue weighted by Crippen LogP contribution is -2.01. The van der Waals surface area contributed by atoms with Gasteiger partial charge in [0.05, 0.1) is 11.4 Å². The number of nitrogens with zero attached hydrogens (tertiary/aromatic N) is 4. The summed E-state index contributed by atoms with van der Waals surface area (Å²) < 4.78 is 15.0. The van der Waals surface area contributed by atoms with Crippen LogP contribution in [0.5, 0.6) is 0 Å². The largest absolute Gasteiger partial charge is 0.399 e. The molecule has 0 amide bonds. The van der Waals surface area contributed by atoms with Crippen molar-refractivity contribution in [3.8, 4) is 5.69 Å². The predicted molar refractivity (Wildman–Crippen MR) is 79.5 cm³/mol. The maximum absolute atomic E-state index is 13.3. The molecule has 1 aromatic heterocycles. The summed E-state index contributed by atoms with van der Waals surface area (Å²) in [5.74, 6) is 0.860. The number of rotatable bonds is 4. The molecular formula is C14H12FN5S. The molecule has 3 aromatic rings. The van der Waals surface area contributed by atoms with Gasteiger partial charge in [-0.3, -0.25) is 0 Å². The van der Waals surface area contributed by atoms with Crippen LogP contribution in [0.25, 0.3) is 5.69 Å². The number of anilines is 1. The highest BCUT2D eigenvalue weighted by Gasteiger charge is 2.09. The molecule has 3 rings (SSSR count). The van der Waals surface area contributed by atoms with Crippen LogP contribution in [0, 0.1) is 5.82 Å². The molecule has 0 aliphatic heterocycles. The molecule has 2 N–H and O–H groups in total. The lowest BCUT2D eigenvalue weighted by molar-refractivity contribution is 0.625. The standard InChI is InChI=1S/C14H12FN5S/c15-10-6-11(16)8-13(7-10)21-9-14-17-18-19-20(14)12-4-2-1-3-5-12/h1-8H,9,16H2. The minimum atomic E-state index is -0.347. The summed E-state index contributed by atoms with van der Waals surface area (Å²) in [6.45, 7) is 0. The first-order valence-electron chi connectivity index (χ1n) is 6.24. The Bertz CT molecular complexity index is 724. The Balaban J connectivity index is 1.79. The van der Waals surface area contributed by atoms with Crippen LogP contribution in [0.2, 0.25) is 0 Å². The quantitative estimate of drug-likeness (QED) is 0.592. The van der Waals surface area contributed by atoms with Crippen molar-refractivity contribution in [1.82, 2.24) is 20.2 Å². The van der Waals surface area contributed by atoms with E-state index in [1.54, 1.807) is 10.7 Å². The summed E-state index contributed by atoms with van der Waals surface area (Å²) in [5, 5.41) is 11.7. The second-order valence-corrected chi connectivity index (χ2v) is 5.40. The van der Waals surface area contributed by atoms with Crippen LogP contribution in [0.15, 0.2) is 53.4 Å². The van der Waals surface area contributed by atoms with Gasteiger partial charge in [0.15, 0.2) is 5.82 Å². The van der Waals surface area contributed by atoms with Gasteiger partial charge in [-0.1, -0.05) is 18.2 Å². The summed E-state index contributed by atoms with van der Waals surface area (Å²) in [4.78, 5) is 0.745. The lowest BCUT2D eigenvalue weighted by atomic mass is 10.3. The molecule has 0 aliphatic rings. The van der Waals surface area contributed by atoms with Crippen LogP contribution < -0.4 is 5.73 Å². The van der Waals surface area contributed by atoms with Gasteiger partial charge in [0.25, 0.3) is 0 Å². The summed E-state index contributed by atoms with van der Waals surface area (Å²) in [6, 6.07) is 14.1. The van der Waals surface area contributed by atoms with Gasteiger partial charge < -0.3 is 5.73 Å². The van der Waals surface area contributed by atoms with E-state index in [0.29, 0.717) is 17.3 Å². The second kappa shape index (κ2) is 5.92. The number of aromatic nitrogens is 4. The summed E-state index contributed by atoms with van der Waals surface area (Å²) in [6.07, 6.45) is 0. The number of thioether (sulfide) groups is 1. The third kappa shape index (κ3) is 3.19. The van der Waals surface area contributed by atoms with Crippen molar-refractivity contribution in [3.63, 3.8) is 0 Å². The molecule has 0 radical (unpaired) electrons. The molecule has 2 aromatic carbocycles. The fourth-order valence-corrected chi connectivity index (χ4v) is 2.77. The van der Waals surface area contributed by atoms with Crippen LogP contribution in [-0.2, 0) is 5.75 Å². The molecule has 0 unspecified atom stereocenters. The van der Waals surface area contributed by atoms with Crippen LogP contribution in [0.4, 0.5) is 10.1 Å². The van der Waals surface area contributed by atoms with E-state index in [9.17, 15) is 4.39 Å². The number of para-hydroxylation sites is 1. The van der Waals surface area contributed by atoms with Gasteiger partial charge in [-0.2, -0.15) is 4.68 Å². The van der Waals surface area contributed by atoms with Gasteiger partial charge in [0.1, 0.15) is 5.82 Å². The number of benzene rings is 2. The Morgan fingerprint density at radius 3 is 2.71 bits per heavy atom. The first kappa shape index (κ1) is 13.6. The monoisotopic (exact) mass is 301 g/mol. The molecule has 106 valence electrons. The fraction of sp³-hybridized carbons (Fsp3) is 0.0714. The maximum atomic E-state index is 13.3. The van der Waals surface area contributed by atoms with Crippen molar-refractivity contribution in [3.05, 3.63) is 60.2 Å². The third-order valence-electron chi connectivity index (χ3n) is 2.80. The predicted octanol–water partition coefficient (Wildman–Crippen LogP) is 2.68. The minimum Gasteiger partial charge on any atom is -0.399 e. The zero-order chi connectivity index (χ0) is 14.7. The second-order valence-electron chi connectivity index (χ2n) is 4.35. The van der Waals surface area contributed by atoms with E-state index in [-0.39, 0.29) is 5.82 Å². The van der Waals surface area contributed by atoms with Crippen molar-refractivity contribution in [2.45, 2.75) is 10.6 Å². The zero-order valence-corrected chi connectivity index (χ0v) is 11.8. The molecule has 0 saturated carbocycles. The number of nitrogens with two attached hydrogens (primary N) is 1. The summed E-state index contributed by atoms with van der Waals surface area (Å²) in [5.41, 5.74) is 6.92. The van der Waals surface area contributed by atoms with Crippen molar-refractivity contribution >= 4 is 17.4 Å². The average Bonchev–Trinajstić information content (AvgIpc) is 2.93. The lowest BCUT2D eigenvalue weighted by Gasteiger charge is -2.05. The Hall–Kier alpha value is -2.41. The first-order valence-corrected chi connectivity index (χ1v) is 7.22. The minimum absolute atomic E-state index is 0.347. The topological polar surface area (TPSA) is 69.6 Å². The van der Waals surface area contributed by atoms with E-state index in [0.717, 1.165) is 10.6 Å². The van der Waals surface area contributed by atoms with Crippen LogP contribution in [0.3, 0.4) is 0 Å². The summed E-state index contributed by atoms with van der Waals surface area (Å²) in [7, 11) is 0. The molecule has 0 bridgehead atoms. The maximum Gasteiger partial charge on any atom is 0.166 e. The molecular weight excluding hydrogens is 289 g/mol. The Labute approximate surface area is 125 Å². The number of halogens is 1. The SMILES string of the molecule is Nc1cc(F)cc(SCc2nnnn2-c2ccccc2)c1. The Kier molecular flexibility index (Phi) is 3.83. The van der Waals surface area contributed by atoms with E-state index in [1.807, 2.05) is 30.3 Å². The van der Waals surface area contributed by atoms with Gasteiger partial charge in [-0.05, 0) is 40.8 Å². The number of nitrogen functional groups attached to an aromatic ring is 1. The molecule has 0 saturated heterocycles. The highest BCUT2D eigenvalue weighted by molar-refractivity contribution is 7.98. The fourth-order valence-electron chi connectivity index (χ4n) is 1.88. The number of hydrogen-bond acceptors (Lipinski definition) is 5. The molecule has 21 heavy (non-hydrogen) atoms. The van der Waals surface area contributed by atoms with E-state index in [4.69, 9.17) is 5.73 Å². The highest BCUT2D eigenvalue weighted by Crippen LogP contribution is 2.25. The Morgan fingerprint density at radius 2 is 1.95 bits per heavy atom. The van der Waals surface area contributed by atoms with E-state index in [1.165, 1.54) is 23.9 Å². The van der Waals surface area contributed by atoms with Crippen LogP contribution in [0.1, 0.15) is 5.82 Å². The van der Waals surface area contributed by atoms with Crippen molar-refractivity contribution in [2.75, 3.05) is 5.73 Å². The smallest absolute Gasteiger partial charge is 0.166 e. The van der Waals surface area contributed by atoms with Crippen molar-refractivity contribution in [1.29, 1.82) is 0 Å². The van der Waals surface area contributed by atoms with Gasteiger partial charge in [0.2, 0.25) is 0 Å². The van der Waals surface area contributed by atoms with Gasteiger partial charge >= 0.3 is 0 Å². The summed E-state index contributed by atoms with van der Waals surface area (Å²) >= 11 is 1.43. The van der Waals surface area contributed by atoms with E-state index < -0.39 is 0 Å². The van der Waals surface area contributed by atoms with Gasteiger partial charge in [-0.25, -0.2) is 4.39 Å². The third-order valence-corrected chi connectivity index (χ3v) is 3.77. The molecule has 7 heteroatoms. The zero-order valence-electron chi connectivity index (χ0n) is 11.0. The molecule has 0 aliphatic carbocycles. The van der Waals surface area contributed by atoms with Crippen LogP contribution >= 0.6 is 11.8 Å². The van der Waals surface area contributed by atoms with Crippen molar-refractivity contribution in [2.24, 2.45) is 0 Å². The normalized spacial score (nSPS) is 10.7. The van der Waals surface area contributed by atoms with E-state index >= 15 is 0 Å².